The van der Waals surface area contributed by atoms with Gasteiger partial charge in [0.2, 0.25) is 0 Å². The molecule has 0 saturated heterocycles. The zero-order valence-corrected chi connectivity index (χ0v) is 15.1. The number of ketones is 1. The Hall–Kier alpha value is -3.07. The standard InChI is InChI=1S/C19H19F2N3O4/c1-24-10-11(17(25)19(27)23-28-13-4-2-3-5-13)8-16(24)18(26)22-12-6-7-14(20)15(21)9-12/h6-10,13H,2-5H2,1H3,(H,22,26)(H,23,27). The number of Topliss-reactive ketones (excluding diaryl/α,β-unsaturated/α-hetero) is 1. The number of aryl methyl sites for hydroxylation is 1. The Kier molecular flexibility index (Phi) is 5.84. The Labute approximate surface area is 159 Å². The Balaban J connectivity index is 1.65. The molecule has 2 aromatic rings. The van der Waals surface area contributed by atoms with Gasteiger partial charge in [0.05, 0.1) is 6.10 Å². The number of aromatic nitrogens is 1. The van der Waals surface area contributed by atoms with Gasteiger partial charge >= 0.3 is 5.91 Å². The number of benzene rings is 1. The minimum atomic E-state index is -1.10. The van der Waals surface area contributed by atoms with Crippen LogP contribution in [0.15, 0.2) is 30.5 Å². The first kappa shape index (κ1) is 19.7. The van der Waals surface area contributed by atoms with Crippen LogP contribution in [0.25, 0.3) is 0 Å². The zero-order chi connectivity index (χ0) is 20.3. The second kappa shape index (κ2) is 8.30. The molecule has 1 saturated carbocycles. The number of anilines is 1. The number of amides is 2. The molecule has 0 radical (unpaired) electrons. The molecule has 3 rings (SSSR count). The molecular formula is C19H19F2N3O4. The molecule has 9 heteroatoms. The molecule has 148 valence electrons. The van der Waals surface area contributed by atoms with Crippen molar-refractivity contribution in [1.29, 1.82) is 0 Å². The van der Waals surface area contributed by atoms with E-state index in [1.54, 1.807) is 0 Å². The maximum atomic E-state index is 13.3. The molecule has 2 amide bonds. The summed E-state index contributed by atoms with van der Waals surface area (Å²) in [7, 11) is 1.52. The Morgan fingerprint density at radius 2 is 1.82 bits per heavy atom. The maximum absolute atomic E-state index is 13.3. The SMILES string of the molecule is Cn1cc(C(=O)C(=O)NOC2CCCC2)cc1C(=O)Nc1ccc(F)c(F)c1. The summed E-state index contributed by atoms with van der Waals surface area (Å²) in [5, 5.41) is 2.41. The van der Waals surface area contributed by atoms with Crippen molar-refractivity contribution in [2.24, 2.45) is 7.05 Å². The van der Waals surface area contributed by atoms with E-state index in [1.165, 1.54) is 29.9 Å². The number of nitrogens with one attached hydrogen (secondary N) is 2. The van der Waals surface area contributed by atoms with Crippen LogP contribution >= 0.6 is 0 Å². The fourth-order valence-electron chi connectivity index (χ4n) is 3.00. The maximum Gasteiger partial charge on any atom is 0.315 e. The molecule has 7 nitrogen and oxygen atoms in total. The first-order chi connectivity index (χ1) is 13.3. The van der Waals surface area contributed by atoms with Gasteiger partial charge in [0, 0.05) is 30.6 Å². The molecule has 1 aromatic carbocycles. The van der Waals surface area contributed by atoms with Crippen molar-refractivity contribution in [2.75, 3.05) is 5.32 Å². The van der Waals surface area contributed by atoms with E-state index in [2.05, 4.69) is 10.8 Å². The normalized spacial score (nSPS) is 14.1. The van der Waals surface area contributed by atoms with E-state index in [1.807, 2.05) is 0 Å². The lowest BCUT2D eigenvalue weighted by atomic mass is 10.2. The number of carbonyl (C=O) groups is 3. The molecule has 0 unspecified atom stereocenters. The molecule has 2 N–H and O–H groups in total. The molecule has 0 atom stereocenters. The van der Waals surface area contributed by atoms with Gasteiger partial charge in [-0.2, -0.15) is 0 Å². The van der Waals surface area contributed by atoms with Crippen LogP contribution in [0, 0.1) is 11.6 Å². The number of halogens is 2. The minimum absolute atomic E-state index is 0.00505. The van der Waals surface area contributed by atoms with Crippen molar-refractivity contribution in [1.82, 2.24) is 10.0 Å². The van der Waals surface area contributed by atoms with Crippen molar-refractivity contribution in [3.8, 4) is 0 Å². The quantitative estimate of drug-likeness (QED) is 0.450. The van der Waals surface area contributed by atoms with Crippen LogP contribution in [0.2, 0.25) is 0 Å². The van der Waals surface area contributed by atoms with Crippen LogP contribution in [0.5, 0.6) is 0 Å². The summed E-state index contributed by atoms with van der Waals surface area (Å²) in [6, 6.07) is 4.18. The van der Waals surface area contributed by atoms with Gasteiger partial charge in [-0.15, -0.1) is 0 Å². The fourth-order valence-corrected chi connectivity index (χ4v) is 3.00. The Morgan fingerprint density at radius 3 is 2.50 bits per heavy atom. The minimum Gasteiger partial charge on any atom is -0.346 e. The Morgan fingerprint density at radius 1 is 1.11 bits per heavy atom. The third-order valence-corrected chi connectivity index (χ3v) is 4.50. The number of hydrogen-bond acceptors (Lipinski definition) is 4. The van der Waals surface area contributed by atoms with Gasteiger partial charge < -0.3 is 9.88 Å². The van der Waals surface area contributed by atoms with Gasteiger partial charge in [0.25, 0.3) is 11.7 Å². The topological polar surface area (TPSA) is 89.4 Å². The first-order valence-electron chi connectivity index (χ1n) is 8.78. The first-order valence-corrected chi connectivity index (χ1v) is 8.78. The van der Waals surface area contributed by atoms with E-state index < -0.39 is 29.2 Å². The lowest BCUT2D eigenvalue weighted by molar-refractivity contribution is -0.133. The van der Waals surface area contributed by atoms with Gasteiger partial charge in [-0.3, -0.25) is 19.2 Å². The average Bonchev–Trinajstić information content (AvgIpc) is 3.31. The highest BCUT2D eigenvalue weighted by molar-refractivity contribution is 6.42. The molecule has 28 heavy (non-hydrogen) atoms. The molecule has 0 aliphatic heterocycles. The van der Waals surface area contributed by atoms with Crippen molar-refractivity contribution >= 4 is 23.3 Å². The third-order valence-electron chi connectivity index (χ3n) is 4.50. The molecule has 1 fully saturated rings. The summed E-state index contributed by atoms with van der Waals surface area (Å²) in [5.41, 5.74) is 2.29. The molecule has 0 spiro atoms. The van der Waals surface area contributed by atoms with E-state index in [4.69, 9.17) is 4.84 Å². The molecule has 1 aliphatic rings. The summed E-state index contributed by atoms with van der Waals surface area (Å²) in [6.45, 7) is 0. The second-order valence-electron chi connectivity index (χ2n) is 6.59. The zero-order valence-electron chi connectivity index (χ0n) is 15.1. The monoisotopic (exact) mass is 391 g/mol. The van der Waals surface area contributed by atoms with Crippen LogP contribution in [0.1, 0.15) is 46.5 Å². The van der Waals surface area contributed by atoms with E-state index in [9.17, 15) is 23.2 Å². The molecule has 0 bridgehead atoms. The largest absolute Gasteiger partial charge is 0.346 e. The smallest absolute Gasteiger partial charge is 0.315 e. The van der Waals surface area contributed by atoms with Gasteiger partial charge in [0.1, 0.15) is 5.69 Å². The summed E-state index contributed by atoms with van der Waals surface area (Å²) in [6.07, 6.45) is 4.93. The van der Waals surface area contributed by atoms with Crippen molar-refractivity contribution in [3.05, 3.63) is 53.4 Å². The second-order valence-corrected chi connectivity index (χ2v) is 6.59. The van der Waals surface area contributed by atoms with Crippen LogP contribution in [0.3, 0.4) is 0 Å². The average molecular weight is 391 g/mol. The highest BCUT2D eigenvalue weighted by atomic mass is 19.2. The third kappa shape index (κ3) is 4.42. The van der Waals surface area contributed by atoms with Gasteiger partial charge in [0.15, 0.2) is 11.6 Å². The van der Waals surface area contributed by atoms with Crippen LogP contribution in [-0.2, 0) is 16.7 Å². The van der Waals surface area contributed by atoms with E-state index in [-0.39, 0.29) is 23.0 Å². The number of carbonyl (C=O) groups excluding carboxylic acids is 3. The number of nitrogens with zero attached hydrogens (tertiary/aromatic N) is 1. The molecular weight excluding hydrogens is 372 g/mol. The van der Waals surface area contributed by atoms with E-state index in [0.717, 1.165) is 37.8 Å². The van der Waals surface area contributed by atoms with Crippen LogP contribution < -0.4 is 10.8 Å². The van der Waals surface area contributed by atoms with E-state index in [0.29, 0.717) is 0 Å². The van der Waals surface area contributed by atoms with Crippen molar-refractivity contribution in [2.45, 2.75) is 31.8 Å². The van der Waals surface area contributed by atoms with Crippen molar-refractivity contribution < 1.29 is 28.0 Å². The number of hydroxylamine groups is 1. The fraction of sp³-hybridized carbons (Fsp3) is 0.316. The summed E-state index contributed by atoms with van der Waals surface area (Å²) < 4.78 is 27.6. The van der Waals surface area contributed by atoms with Crippen LogP contribution in [0.4, 0.5) is 14.5 Å². The Bertz CT molecular complexity index is 920. The number of rotatable bonds is 6. The highest BCUT2D eigenvalue weighted by Gasteiger charge is 2.23. The predicted molar refractivity (Wildman–Crippen MR) is 95.5 cm³/mol. The van der Waals surface area contributed by atoms with E-state index >= 15 is 0 Å². The summed E-state index contributed by atoms with van der Waals surface area (Å²) in [5.74, 6) is -4.55. The van der Waals surface area contributed by atoms with Crippen LogP contribution in [-0.4, -0.2) is 28.3 Å². The predicted octanol–water partition coefficient (Wildman–Crippen LogP) is 2.73. The molecule has 1 aliphatic carbocycles. The summed E-state index contributed by atoms with van der Waals surface area (Å²) in [4.78, 5) is 41.8. The highest BCUT2D eigenvalue weighted by Crippen LogP contribution is 2.20. The van der Waals surface area contributed by atoms with Gasteiger partial charge in [-0.25, -0.2) is 14.3 Å². The number of hydrogen-bond donors (Lipinski definition) is 2. The lowest BCUT2D eigenvalue weighted by Gasteiger charge is -2.10. The van der Waals surface area contributed by atoms with Gasteiger partial charge in [-0.1, -0.05) is 12.8 Å². The van der Waals surface area contributed by atoms with Gasteiger partial charge in [-0.05, 0) is 31.0 Å². The lowest BCUT2D eigenvalue weighted by Crippen LogP contribution is -2.33. The summed E-state index contributed by atoms with van der Waals surface area (Å²) >= 11 is 0. The van der Waals surface area contributed by atoms with Crippen molar-refractivity contribution in [3.63, 3.8) is 0 Å². The molecule has 1 aromatic heterocycles. The molecule has 1 heterocycles.